The van der Waals surface area contributed by atoms with Gasteiger partial charge in [-0.3, -0.25) is 0 Å². The Hall–Kier alpha value is -1.98. The van der Waals surface area contributed by atoms with Gasteiger partial charge >= 0.3 is 0 Å². The van der Waals surface area contributed by atoms with Gasteiger partial charge in [-0.2, -0.15) is 5.10 Å². The quantitative estimate of drug-likeness (QED) is 0.433. The van der Waals surface area contributed by atoms with E-state index in [4.69, 9.17) is 11.5 Å². The van der Waals surface area contributed by atoms with Crippen molar-refractivity contribution >= 4 is 12.2 Å². The number of halogens is 2. The monoisotopic (exact) mass is 212 g/mol. The van der Waals surface area contributed by atoms with Crippen LogP contribution in [0, 0.1) is 18.6 Å². The number of hydrogen-bond acceptors (Lipinski definition) is 2. The number of hydrogen-bond donors (Lipinski definition) is 2. The summed E-state index contributed by atoms with van der Waals surface area (Å²) in [4.78, 5) is 0. The lowest BCUT2D eigenvalue weighted by Gasteiger charge is -1.99. The van der Waals surface area contributed by atoms with Crippen LogP contribution in [0.5, 0.6) is 0 Å². The molecule has 0 spiro atoms. The Morgan fingerprint density at radius 2 is 1.93 bits per heavy atom. The molecule has 0 saturated carbocycles. The van der Waals surface area contributed by atoms with E-state index in [0.29, 0.717) is 0 Å². The van der Waals surface area contributed by atoms with Crippen molar-refractivity contribution in [1.82, 2.24) is 0 Å². The molecule has 0 atom stereocenters. The normalized spacial score (nSPS) is 10.6. The molecular formula is C9H10F2N4. The SMILES string of the molecule is Cc1ccc(C=NN=C(N)N)c(F)c1F. The molecule has 0 aliphatic rings. The first-order valence-corrected chi connectivity index (χ1v) is 4.09. The Morgan fingerprint density at radius 1 is 1.27 bits per heavy atom. The molecule has 0 aliphatic carbocycles. The van der Waals surface area contributed by atoms with Gasteiger partial charge in [0.25, 0.3) is 0 Å². The Morgan fingerprint density at radius 3 is 2.53 bits per heavy atom. The summed E-state index contributed by atoms with van der Waals surface area (Å²) in [5, 5.41) is 6.64. The lowest BCUT2D eigenvalue weighted by molar-refractivity contribution is 0.502. The van der Waals surface area contributed by atoms with E-state index in [9.17, 15) is 8.78 Å². The summed E-state index contributed by atoms with van der Waals surface area (Å²) < 4.78 is 26.3. The number of nitrogens with zero attached hydrogens (tertiary/aromatic N) is 2. The van der Waals surface area contributed by atoms with E-state index < -0.39 is 11.6 Å². The highest BCUT2D eigenvalue weighted by Crippen LogP contribution is 2.13. The van der Waals surface area contributed by atoms with E-state index in [2.05, 4.69) is 10.2 Å². The second-order valence-corrected chi connectivity index (χ2v) is 2.87. The van der Waals surface area contributed by atoms with Gasteiger partial charge in [0, 0.05) is 5.56 Å². The Bertz CT molecular complexity index is 422. The molecular weight excluding hydrogens is 202 g/mol. The van der Waals surface area contributed by atoms with Crippen LogP contribution in [0.1, 0.15) is 11.1 Å². The van der Waals surface area contributed by atoms with Gasteiger partial charge in [-0.25, -0.2) is 8.78 Å². The Labute approximate surface area is 85.3 Å². The van der Waals surface area contributed by atoms with Gasteiger partial charge in [0.15, 0.2) is 11.6 Å². The summed E-state index contributed by atoms with van der Waals surface area (Å²) in [5.74, 6) is -2.12. The molecule has 0 unspecified atom stereocenters. The van der Waals surface area contributed by atoms with Crippen molar-refractivity contribution in [3.05, 3.63) is 34.9 Å². The molecule has 6 heteroatoms. The van der Waals surface area contributed by atoms with Crippen molar-refractivity contribution in [2.75, 3.05) is 0 Å². The predicted octanol–water partition coefficient (Wildman–Crippen LogP) is 0.881. The van der Waals surface area contributed by atoms with Gasteiger partial charge in [0.2, 0.25) is 5.96 Å². The zero-order chi connectivity index (χ0) is 11.4. The summed E-state index contributed by atoms with van der Waals surface area (Å²) in [6.07, 6.45) is 1.04. The topological polar surface area (TPSA) is 76.8 Å². The largest absolute Gasteiger partial charge is 0.369 e. The van der Waals surface area contributed by atoms with Gasteiger partial charge < -0.3 is 11.5 Å². The van der Waals surface area contributed by atoms with Crippen molar-refractivity contribution in [3.63, 3.8) is 0 Å². The molecule has 1 rings (SSSR count). The minimum Gasteiger partial charge on any atom is -0.369 e. The molecule has 1 aromatic carbocycles. The summed E-state index contributed by atoms with van der Waals surface area (Å²) in [6.45, 7) is 1.47. The van der Waals surface area contributed by atoms with Crippen LogP contribution in [-0.2, 0) is 0 Å². The van der Waals surface area contributed by atoms with Crippen molar-refractivity contribution in [2.45, 2.75) is 6.92 Å². The zero-order valence-electron chi connectivity index (χ0n) is 8.04. The van der Waals surface area contributed by atoms with Crippen LogP contribution >= 0.6 is 0 Å². The van der Waals surface area contributed by atoms with Gasteiger partial charge in [-0.05, 0) is 18.6 Å². The van der Waals surface area contributed by atoms with Gasteiger partial charge in [0.1, 0.15) is 0 Å². The van der Waals surface area contributed by atoms with Crippen molar-refractivity contribution in [2.24, 2.45) is 21.7 Å². The standard InChI is InChI=1S/C9H10F2N4/c1-5-2-3-6(8(11)7(5)10)4-14-15-9(12)13/h2-4H,1H3,(H4,12,13,15). The molecule has 4 N–H and O–H groups in total. The number of benzene rings is 1. The average Bonchev–Trinajstić information content (AvgIpc) is 2.18. The first-order valence-electron chi connectivity index (χ1n) is 4.09. The van der Waals surface area contributed by atoms with E-state index in [0.717, 1.165) is 6.21 Å². The molecule has 0 saturated heterocycles. The van der Waals surface area contributed by atoms with Gasteiger partial charge in [-0.1, -0.05) is 6.07 Å². The maximum atomic E-state index is 13.2. The Kier molecular flexibility index (Phi) is 3.33. The molecule has 0 fully saturated rings. The molecule has 0 amide bonds. The smallest absolute Gasteiger partial charge is 0.211 e. The van der Waals surface area contributed by atoms with Crippen molar-refractivity contribution in [1.29, 1.82) is 0 Å². The van der Waals surface area contributed by atoms with E-state index >= 15 is 0 Å². The van der Waals surface area contributed by atoms with Crippen LogP contribution in [0.25, 0.3) is 0 Å². The molecule has 0 radical (unpaired) electrons. The minimum atomic E-state index is -0.968. The van der Waals surface area contributed by atoms with Gasteiger partial charge in [-0.15, -0.1) is 5.10 Å². The molecule has 0 aromatic heterocycles. The summed E-state index contributed by atoms with van der Waals surface area (Å²) in [5.41, 5.74) is 10.2. The fourth-order valence-corrected chi connectivity index (χ4v) is 0.918. The highest BCUT2D eigenvalue weighted by atomic mass is 19.2. The number of guanidine groups is 1. The second kappa shape index (κ2) is 4.50. The maximum Gasteiger partial charge on any atom is 0.211 e. The van der Waals surface area contributed by atoms with E-state index in [1.807, 2.05) is 0 Å². The number of nitrogens with two attached hydrogens (primary N) is 2. The first kappa shape index (κ1) is 11.1. The van der Waals surface area contributed by atoms with Crippen LogP contribution in [0.3, 0.4) is 0 Å². The Balaban J connectivity index is 3.02. The highest BCUT2D eigenvalue weighted by Gasteiger charge is 2.08. The van der Waals surface area contributed by atoms with E-state index in [1.54, 1.807) is 0 Å². The predicted molar refractivity (Wildman–Crippen MR) is 54.5 cm³/mol. The van der Waals surface area contributed by atoms with Crippen LogP contribution < -0.4 is 11.5 Å². The third-order valence-electron chi connectivity index (χ3n) is 1.68. The maximum absolute atomic E-state index is 13.2. The number of aryl methyl sites for hydroxylation is 1. The fourth-order valence-electron chi connectivity index (χ4n) is 0.918. The minimum absolute atomic E-state index is 0.0110. The van der Waals surface area contributed by atoms with Crippen LogP contribution in [0.4, 0.5) is 8.78 Å². The molecule has 0 aliphatic heterocycles. The van der Waals surface area contributed by atoms with Crippen molar-refractivity contribution in [3.8, 4) is 0 Å². The van der Waals surface area contributed by atoms with Crippen molar-refractivity contribution < 1.29 is 8.78 Å². The summed E-state index contributed by atoms with van der Waals surface area (Å²) in [6, 6.07) is 2.83. The van der Waals surface area contributed by atoms with Crippen LogP contribution in [0.15, 0.2) is 22.3 Å². The molecule has 15 heavy (non-hydrogen) atoms. The van der Waals surface area contributed by atoms with Crippen LogP contribution in [-0.4, -0.2) is 12.2 Å². The van der Waals surface area contributed by atoms with Crippen LogP contribution in [0.2, 0.25) is 0 Å². The lowest BCUT2D eigenvalue weighted by Crippen LogP contribution is -2.21. The number of rotatable bonds is 2. The molecule has 0 heterocycles. The molecule has 4 nitrogen and oxygen atoms in total. The molecule has 0 bridgehead atoms. The second-order valence-electron chi connectivity index (χ2n) is 2.87. The average molecular weight is 212 g/mol. The third-order valence-corrected chi connectivity index (χ3v) is 1.68. The van der Waals surface area contributed by atoms with Gasteiger partial charge in [0.05, 0.1) is 6.21 Å². The summed E-state index contributed by atoms with van der Waals surface area (Å²) >= 11 is 0. The third kappa shape index (κ3) is 2.73. The van der Waals surface area contributed by atoms with E-state index in [-0.39, 0.29) is 17.1 Å². The zero-order valence-corrected chi connectivity index (χ0v) is 8.04. The molecule has 1 aromatic rings. The highest BCUT2D eigenvalue weighted by molar-refractivity contribution is 5.81. The first-order chi connectivity index (χ1) is 7.02. The lowest BCUT2D eigenvalue weighted by atomic mass is 10.1. The van der Waals surface area contributed by atoms with E-state index in [1.165, 1.54) is 19.1 Å². The molecule has 80 valence electrons. The fraction of sp³-hybridized carbons (Fsp3) is 0.111. The summed E-state index contributed by atoms with van der Waals surface area (Å²) in [7, 11) is 0.